The van der Waals surface area contributed by atoms with Crippen LogP contribution in [0.5, 0.6) is 5.75 Å². The number of benzene rings is 2. The van der Waals surface area contributed by atoms with Crippen LogP contribution < -0.4 is 10.1 Å². The molecular formula is C19H19N5O3. The topological polar surface area (TPSA) is 91.2 Å². The predicted octanol–water partition coefficient (Wildman–Crippen LogP) is 2.45. The second-order valence-corrected chi connectivity index (χ2v) is 6.28. The molecule has 0 saturated heterocycles. The summed E-state index contributed by atoms with van der Waals surface area (Å²) in [5.74, 6) is 1.38. The number of hydrogen-bond donors (Lipinski definition) is 1. The first-order chi connectivity index (χ1) is 13.2. The van der Waals surface area contributed by atoms with Crippen molar-refractivity contribution in [2.45, 2.75) is 25.1 Å². The maximum absolute atomic E-state index is 12.4. The predicted molar refractivity (Wildman–Crippen MR) is 96.1 cm³/mol. The summed E-state index contributed by atoms with van der Waals surface area (Å²) >= 11 is 0. The highest BCUT2D eigenvalue weighted by molar-refractivity contribution is 5.68. The summed E-state index contributed by atoms with van der Waals surface area (Å²) in [5.41, 5.74) is 1.98. The Morgan fingerprint density at radius 1 is 1.19 bits per heavy atom. The molecule has 0 aliphatic carbocycles. The van der Waals surface area contributed by atoms with E-state index in [2.05, 4.69) is 20.8 Å². The molecule has 1 amide bonds. The van der Waals surface area contributed by atoms with Crippen LogP contribution in [0.2, 0.25) is 0 Å². The molecule has 1 aromatic heterocycles. The molecule has 0 unspecified atom stereocenters. The molecule has 3 aromatic rings. The Labute approximate surface area is 156 Å². The van der Waals surface area contributed by atoms with E-state index >= 15 is 0 Å². The summed E-state index contributed by atoms with van der Waals surface area (Å²) in [6.07, 6.45) is -0.501. The fraction of sp³-hybridized carbons (Fsp3) is 0.263. The number of tetrazole rings is 1. The Morgan fingerprint density at radius 2 is 1.96 bits per heavy atom. The number of ether oxygens (including phenoxy) is 2. The molecule has 138 valence electrons. The molecule has 27 heavy (non-hydrogen) atoms. The van der Waals surface area contributed by atoms with E-state index in [4.69, 9.17) is 9.47 Å². The van der Waals surface area contributed by atoms with E-state index in [9.17, 15) is 4.79 Å². The van der Waals surface area contributed by atoms with Gasteiger partial charge in [0.05, 0.1) is 13.7 Å². The molecule has 1 N–H and O–H groups in total. The Kier molecular flexibility index (Phi) is 4.69. The van der Waals surface area contributed by atoms with E-state index in [0.717, 1.165) is 16.9 Å². The van der Waals surface area contributed by atoms with E-state index < -0.39 is 6.09 Å². The maximum Gasteiger partial charge on any atom is 0.408 e. The van der Waals surface area contributed by atoms with E-state index in [0.29, 0.717) is 12.4 Å². The lowest BCUT2D eigenvalue weighted by molar-refractivity contribution is 0.134. The van der Waals surface area contributed by atoms with Gasteiger partial charge in [0.25, 0.3) is 0 Å². The van der Waals surface area contributed by atoms with Gasteiger partial charge < -0.3 is 14.8 Å². The first-order valence-electron chi connectivity index (χ1n) is 8.62. The average molecular weight is 365 g/mol. The fourth-order valence-corrected chi connectivity index (χ4v) is 3.24. The van der Waals surface area contributed by atoms with Crippen molar-refractivity contribution in [3.05, 3.63) is 71.5 Å². The fourth-order valence-electron chi connectivity index (χ4n) is 3.24. The Bertz CT molecular complexity index is 911. The van der Waals surface area contributed by atoms with Crippen LogP contribution in [-0.2, 0) is 17.9 Å². The lowest BCUT2D eigenvalue weighted by atomic mass is 9.93. The molecule has 0 fully saturated rings. The third-order valence-electron chi connectivity index (χ3n) is 4.64. The van der Waals surface area contributed by atoms with Crippen molar-refractivity contribution in [2.24, 2.45) is 0 Å². The van der Waals surface area contributed by atoms with Gasteiger partial charge in [-0.15, -0.1) is 5.10 Å². The zero-order valence-electron chi connectivity index (χ0n) is 14.8. The van der Waals surface area contributed by atoms with Crippen molar-refractivity contribution in [1.82, 2.24) is 25.5 Å². The number of carbonyl (C=O) groups excluding carboxylic acids is 1. The number of nitrogens with zero attached hydrogens (tertiary/aromatic N) is 4. The van der Waals surface area contributed by atoms with Crippen molar-refractivity contribution < 1.29 is 14.3 Å². The van der Waals surface area contributed by atoms with Crippen LogP contribution >= 0.6 is 0 Å². The summed E-state index contributed by atoms with van der Waals surface area (Å²) in [6.45, 7) is 0.788. The maximum atomic E-state index is 12.4. The van der Waals surface area contributed by atoms with Gasteiger partial charge in [0.2, 0.25) is 0 Å². The Hall–Kier alpha value is -3.42. The summed E-state index contributed by atoms with van der Waals surface area (Å²) in [4.78, 5) is 12.4. The number of fused-ring (bicyclic) bond motifs is 1. The first-order valence-corrected chi connectivity index (χ1v) is 8.62. The molecule has 2 aromatic carbocycles. The minimum absolute atomic E-state index is 0.0156. The van der Waals surface area contributed by atoms with Gasteiger partial charge in [0.1, 0.15) is 18.4 Å². The average Bonchev–Trinajstić information content (AvgIpc) is 3.30. The Balaban J connectivity index is 1.48. The van der Waals surface area contributed by atoms with Gasteiger partial charge in [0.15, 0.2) is 5.82 Å². The van der Waals surface area contributed by atoms with Gasteiger partial charge in [-0.3, -0.25) is 0 Å². The normalized spacial score (nSPS) is 18.0. The van der Waals surface area contributed by atoms with Crippen molar-refractivity contribution >= 4 is 6.09 Å². The summed E-state index contributed by atoms with van der Waals surface area (Å²) in [6, 6.07) is 16.9. The third kappa shape index (κ3) is 3.59. The largest absolute Gasteiger partial charge is 0.497 e. The highest BCUT2D eigenvalue weighted by Crippen LogP contribution is 2.37. The number of nitrogens with one attached hydrogen (secondary N) is 1. The monoisotopic (exact) mass is 365 g/mol. The molecule has 1 aliphatic rings. The quantitative estimate of drug-likeness (QED) is 0.747. The second kappa shape index (κ2) is 7.45. The van der Waals surface area contributed by atoms with Crippen molar-refractivity contribution in [3.8, 4) is 5.75 Å². The number of alkyl carbamates (subject to hydrolysis) is 1. The number of amides is 1. The number of aromatic nitrogens is 4. The van der Waals surface area contributed by atoms with Crippen molar-refractivity contribution in [3.63, 3.8) is 0 Å². The van der Waals surface area contributed by atoms with E-state index in [1.807, 2.05) is 54.6 Å². The van der Waals surface area contributed by atoms with E-state index in [1.54, 1.807) is 11.8 Å². The molecular weight excluding hydrogens is 346 g/mol. The molecule has 4 rings (SSSR count). The van der Waals surface area contributed by atoms with Gasteiger partial charge in [-0.05, 0) is 33.7 Å². The SMILES string of the molecule is COc1ccc([C@@H]2Cn3nnnc3[C@H]2NC(=O)OCc2ccccc2)cc1. The van der Waals surface area contributed by atoms with Gasteiger partial charge in [-0.1, -0.05) is 42.5 Å². The van der Waals surface area contributed by atoms with Crippen LogP contribution in [0.4, 0.5) is 4.79 Å². The number of rotatable bonds is 5. The molecule has 8 heteroatoms. The highest BCUT2D eigenvalue weighted by Gasteiger charge is 2.38. The van der Waals surface area contributed by atoms with Gasteiger partial charge >= 0.3 is 6.09 Å². The minimum Gasteiger partial charge on any atom is -0.497 e. The lowest BCUT2D eigenvalue weighted by Gasteiger charge is -2.20. The van der Waals surface area contributed by atoms with Crippen LogP contribution in [0, 0.1) is 0 Å². The second-order valence-electron chi connectivity index (χ2n) is 6.28. The zero-order valence-corrected chi connectivity index (χ0v) is 14.8. The summed E-state index contributed by atoms with van der Waals surface area (Å²) in [5, 5.41) is 14.7. The minimum atomic E-state index is -0.501. The molecule has 0 spiro atoms. The number of carbonyl (C=O) groups is 1. The van der Waals surface area contributed by atoms with Gasteiger partial charge in [-0.25, -0.2) is 9.48 Å². The number of methoxy groups -OCH3 is 1. The van der Waals surface area contributed by atoms with Gasteiger partial charge in [0, 0.05) is 5.92 Å². The molecule has 0 radical (unpaired) electrons. The van der Waals surface area contributed by atoms with E-state index in [-0.39, 0.29) is 18.6 Å². The summed E-state index contributed by atoms with van der Waals surface area (Å²) < 4.78 is 12.3. The van der Waals surface area contributed by atoms with Crippen molar-refractivity contribution in [1.29, 1.82) is 0 Å². The third-order valence-corrected chi connectivity index (χ3v) is 4.64. The summed E-state index contributed by atoms with van der Waals surface area (Å²) in [7, 11) is 1.63. The van der Waals surface area contributed by atoms with Crippen LogP contribution in [-0.4, -0.2) is 33.4 Å². The van der Waals surface area contributed by atoms with Crippen LogP contribution in [0.1, 0.15) is 28.9 Å². The van der Waals surface area contributed by atoms with E-state index in [1.165, 1.54) is 0 Å². The number of hydrogen-bond acceptors (Lipinski definition) is 6. The van der Waals surface area contributed by atoms with Crippen LogP contribution in [0.3, 0.4) is 0 Å². The smallest absolute Gasteiger partial charge is 0.408 e. The van der Waals surface area contributed by atoms with Crippen LogP contribution in [0.15, 0.2) is 54.6 Å². The van der Waals surface area contributed by atoms with Gasteiger partial charge in [-0.2, -0.15) is 0 Å². The lowest BCUT2D eigenvalue weighted by Crippen LogP contribution is -2.31. The Morgan fingerprint density at radius 3 is 2.70 bits per heavy atom. The van der Waals surface area contributed by atoms with Crippen molar-refractivity contribution in [2.75, 3.05) is 7.11 Å². The molecule has 0 bridgehead atoms. The van der Waals surface area contributed by atoms with Crippen LogP contribution in [0.25, 0.3) is 0 Å². The molecule has 0 saturated carbocycles. The highest BCUT2D eigenvalue weighted by atomic mass is 16.5. The molecule has 8 nitrogen and oxygen atoms in total. The molecule has 2 heterocycles. The zero-order chi connectivity index (χ0) is 18.6. The standard InChI is InChI=1S/C19H19N5O3/c1-26-15-9-7-14(8-10-15)16-11-24-18(21-22-23-24)17(16)20-19(25)27-12-13-5-3-2-4-6-13/h2-10,16-17H,11-12H2,1H3,(H,20,25)/t16-,17-/m0/s1. The molecule has 2 atom stereocenters. The first kappa shape index (κ1) is 17.0. The molecule has 1 aliphatic heterocycles.